The van der Waals surface area contributed by atoms with Gasteiger partial charge in [-0.3, -0.25) is 9.59 Å². The Balaban J connectivity index is 1.66. The third-order valence-corrected chi connectivity index (χ3v) is 5.44. The first-order valence-electron chi connectivity index (χ1n) is 10.1. The predicted octanol–water partition coefficient (Wildman–Crippen LogP) is 3.97. The number of H-pyrrole nitrogens is 1. The highest BCUT2D eigenvalue weighted by molar-refractivity contribution is 5.94. The van der Waals surface area contributed by atoms with Gasteiger partial charge >= 0.3 is 0 Å². The minimum Gasteiger partial charge on any atom is -0.376 e. The minimum absolute atomic E-state index is 0.0194. The number of nitrogens with one attached hydrogen (secondary N) is 1. The van der Waals surface area contributed by atoms with Crippen molar-refractivity contribution in [2.45, 2.75) is 39.3 Å². The zero-order valence-electron chi connectivity index (χ0n) is 16.9. The molecular weight excluding hydrogens is 364 g/mol. The average Bonchev–Trinajstić information content (AvgIpc) is 3.20. The van der Waals surface area contributed by atoms with Crippen molar-refractivity contribution in [3.05, 3.63) is 81.1 Å². The van der Waals surface area contributed by atoms with Crippen LogP contribution in [0.25, 0.3) is 10.9 Å². The molecule has 5 nitrogen and oxygen atoms in total. The van der Waals surface area contributed by atoms with Gasteiger partial charge in [-0.2, -0.15) is 0 Å². The summed E-state index contributed by atoms with van der Waals surface area (Å²) in [4.78, 5) is 30.7. The van der Waals surface area contributed by atoms with Crippen LogP contribution in [0.2, 0.25) is 0 Å². The van der Waals surface area contributed by atoms with Gasteiger partial charge in [0.25, 0.3) is 11.5 Å². The average molecular weight is 390 g/mol. The van der Waals surface area contributed by atoms with E-state index >= 15 is 0 Å². The van der Waals surface area contributed by atoms with Gasteiger partial charge < -0.3 is 14.6 Å². The van der Waals surface area contributed by atoms with E-state index in [-0.39, 0.29) is 24.1 Å². The van der Waals surface area contributed by atoms with E-state index in [1.54, 1.807) is 4.90 Å². The molecular formula is C24H26N2O3. The molecule has 1 atom stereocenters. The number of aromatic amines is 1. The monoisotopic (exact) mass is 390 g/mol. The lowest BCUT2D eigenvalue weighted by Gasteiger charge is -2.25. The quantitative estimate of drug-likeness (QED) is 0.717. The zero-order chi connectivity index (χ0) is 20.4. The first kappa shape index (κ1) is 19.4. The maximum atomic E-state index is 13.3. The van der Waals surface area contributed by atoms with Crippen LogP contribution in [-0.4, -0.2) is 35.0 Å². The van der Waals surface area contributed by atoms with Gasteiger partial charge in [0.2, 0.25) is 0 Å². The van der Waals surface area contributed by atoms with Crippen molar-refractivity contribution in [1.29, 1.82) is 0 Å². The highest BCUT2D eigenvalue weighted by atomic mass is 16.5. The van der Waals surface area contributed by atoms with Crippen LogP contribution in [0.5, 0.6) is 0 Å². The molecule has 0 bridgehead atoms. The largest absolute Gasteiger partial charge is 0.376 e. The van der Waals surface area contributed by atoms with Crippen molar-refractivity contribution in [3.63, 3.8) is 0 Å². The molecule has 1 N–H and O–H groups in total. The summed E-state index contributed by atoms with van der Waals surface area (Å²) < 4.78 is 5.76. The molecule has 0 aliphatic carbocycles. The Morgan fingerprint density at radius 3 is 2.72 bits per heavy atom. The van der Waals surface area contributed by atoms with E-state index in [0.29, 0.717) is 17.7 Å². The number of hydrogen-bond acceptors (Lipinski definition) is 3. The zero-order valence-corrected chi connectivity index (χ0v) is 16.9. The van der Waals surface area contributed by atoms with Crippen molar-refractivity contribution < 1.29 is 9.53 Å². The molecule has 1 aliphatic rings. The van der Waals surface area contributed by atoms with E-state index in [1.807, 2.05) is 62.4 Å². The Labute approximate surface area is 170 Å². The van der Waals surface area contributed by atoms with Crippen LogP contribution >= 0.6 is 0 Å². The number of aryl methyl sites for hydroxylation is 2. The molecule has 1 amide bonds. The van der Waals surface area contributed by atoms with Gasteiger partial charge in [-0.15, -0.1) is 0 Å². The fraction of sp³-hybridized carbons (Fsp3) is 0.333. The summed E-state index contributed by atoms with van der Waals surface area (Å²) in [6.07, 6.45) is 1.96. The first-order chi connectivity index (χ1) is 14.0. The second kappa shape index (κ2) is 8.21. The van der Waals surface area contributed by atoms with Crippen molar-refractivity contribution in [1.82, 2.24) is 9.88 Å². The number of ether oxygens (including phenoxy) is 1. The Morgan fingerprint density at radius 2 is 1.97 bits per heavy atom. The van der Waals surface area contributed by atoms with Crippen LogP contribution in [0.4, 0.5) is 0 Å². The summed E-state index contributed by atoms with van der Waals surface area (Å²) in [5.41, 5.74) is 4.01. The number of carbonyl (C=O) groups excluding carboxylic acids is 1. The summed E-state index contributed by atoms with van der Waals surface area (Å²) in [5, 5.41) is 0.963. The molecule has 3 aromatic rings. The van der Waals surface area contributed by atoms with Gasteiger partial charge in [0.1, 0.15) is 0 Å². The van der Waals surface area contributed by atoms with Crippen molar-refractivity contribution in [2.75, 3.05) is 13.2 Å². The maximum absolute atomic E-state index is 13.3. The van der Waals surface area contributed by atoms with Crippen molar-refractivity contribution in [3.8, 4) is 0 Å². The molecule has 0 saturated carbocycles. The second-order valence-electron chi connectivity index (χ2n) is 7.90. The molecule has 1 fully saturated rings. The number of nitrogens with zero attached hydrogens (tertiary/aromatic N) is 1. The van der Waals surface area contributed by atoms with Crippen LogP contribution in [-0.2, 0) is 11.3 Å². The van der Waals surface area contributed by atoms with Crippen LogP contribution in [0.3, 0.4) is 0 Å². The van der Waals surface area contributed by atoms with E-state index in [1.165, 1.54) is 0 Å². The number of pyridine rings is 1. The molecule has 1 aliphatic heterocycles. The molecule has 29 heavy (non-hydrogen) atoms. The lowest BCUT2D eigenvalue weighted by atomic mass is 10.1. The number of aromatic nitrogens is 1. The molecule has 1 aromatic heterocycles. The van der Waals surface area contributed by atoms with E-state index < -0.39 is 0 Å². The minimum atomic E-state index is -0.155. The molecule has 0 radical (unpaired) electrons. The SMILES string of the molecule is Cc1cccc(C(=O)N(Cc2cc3ccc(C)cc3[nH]c2=O)C[C@@H]2CCCO2)c1. The van der Waals surface area contributed by atoms with Gasteiger partial charge in [-0.25, -0.2) is 0 Å². The fourth-order valence-corrected chi connectivity index (χ4v) is 3.90. The van der Waals surface area contributed by atoms with Crippen LogP contribution in [0.15, 0.2) is 53.3 Å². The van der Waals surface area contributed by atoms with Crippen LogP contribution < -0.4 is 5.56 Å². The second-order valence-corrected chi connectivity index (χ2v) is 7.90. The van der Waals surface area contributed by atoms with Gasteiger partial charge in [-0.1, -0.05) is 29.8 Å². The fourth-order valence-electron chi connectivity index (χ4n) is 3.90. The third kappa shape index (κ3) is 4.40. The Hall–Kier alpha value is -2.92. The van der Waals surface area contributed by atoms with E-state index in [2.05, 4.69) is 4.98 Å². The predicted molar refractivity (Wildman–Crippen MR) is 114 cm³/mol. The van der Waals surface area contributed by atoms with Crippen LogP contribution in [0.1, 0.15) is 39.9 Å². The first-order valence-corrected chi connectivity index (χ1v) is 10.1. The van der Waals surface area contributed by atoms with Gasteiger partial charge in [-0.05, 0) is 61.9 Å². The highest BCUT2D eigenvalue weighted by Gasteiger charge is 2.24. The molecule has 4 rings (SSSR count). The number of hydrogen-bond donors (Lipinski definition) is 1. The number of rotatable bonds is 5. The number of benzene rings is 2. The van der Waals surface area contributed by atoms with Gasteiger partial charge in [0, 0.05) is 29.8 Å². The lowest BCUT2D eigenvalue weighted by molar-refractivity contribution is 0.0506. The summed E-state index contributed by atoms with van der Waals surface area (Å²) in [5.74, 6) is -0.0763. The number of amides is 1. The normalized spacial score (nSPS) is 16.3. The lowest BCUT2D eigenvalue weighted by Crippen LogP contribution is -2.38. The molecule has 2 heterocycles. The van der Waals surface area contributed by atoms with E-state index in [4.69, 9.17) is 4.74 Å². The Morgan fingerprint density at radius 1 is 1.14 bits per heavy atom. The van der Waals surface area contributed by atoms with Crippen LogP contribution in [0, 0.1) is 13.8 Å². The molecule has 1 saturated heterocycles. The van der Waals surface area contributed by atoms with E-state index in [0.717, 1.165) is 41.5 Å². The van der Waals surface area contributed by atoms with Crippen molar-refractivity contribution >= 4 is 16.8 Å². The molecule has 0 unspecified atom stereocenters. The van der Waals surface area contributed by atoms with Gasteiger partial charge in [0.15, 0.2) is 0 Å². The Bertz CT molecular complexity index is 1100. The number of carbonyl (C=O) groups is 1. The number of fused-ring (bicyclic) bond motifs is 1. The molecule has 150 valence electrons. The summed E-state index contributed by atoms with van der Waals surface area (Å²) in [6.45, 7) is 5.43. The maximum Gasteiger partial charge on any atom is 0.254 e. The molecule has 0 spiro atoms. The topological polar surface area (TPSA) is 62.4 Å². The van der Waals surface area contributed by atoms with E-state index in [9.17, 15) is 9.59 Å². The third-order valence-electron chi connectivity index (χ3n) is 5.44. The summed E-state index contributed by atoms with van der Waals surface area (Å²) in [6, 6.07) is 15.4. The summed E-state index contributed by atoms with van der Waals surface area (Å²) >= 11 is 0. The molecule has 2 aromatic carbocycles. The highest BCUT2D eigenvalue weighted by Crippen LogP contribution is 2.19. The van der Waals surface area contributed by atoms with Gasteiger partial charge in [0.05, 0.1) is 12.6 Å². The summed E-state index contributed by atoms with van der Waals surface area (Å²) in [7, 11) is 0. The standard InChI is InChI=1S/C24H26N2O3/c1-16-5-3-6-19(11-16)24(28)26(15-21-7-4-10-29-21)14-20-13-18-9-8-17(2)12-22(18)25-23(20)27/h3,5-6,8-9,11-13,21H,4,7,10,14-15H2,1-2H3,(H,25,27)/t21-/m0/s1. The van der Waals surface area contributed by atoms with Crippen molar-refractivity contribution in [2.24, 2.45) is 0 Å². The molecule has 5 heteroatoms. The smallest absolute Gasteiger partial charge is 0.254 e. The Kier molecular flexibility index (Phi) is 5.49.